The van der Waals surface area contributed by atoms with Gasteiger partial charge in [-0.25, -0.2) is 0 Å². The summed E-state index contributed by atoms with van der Waals surface area (Å²) in [4.78, 5) is 4.51. The fourth-order valence-corrected chi connectivity index (χ4v) is 2.93. The molecule has 0 saturated heterocycles. The number of hydrogen-bond donors (Lipinski definition) is 1. The average molecular weight is 235 g/mol. The van der Waals surface area contributed by atoms with Crippen molar-refractivity contribution in [1.82, 2.24) is 4.98 Å². The number of benzene rings is 1. The van der Waals surface area contributed by atoms with Gasteiger partial charge in [-0.2, -0.15) is 0 Å². The van der Waals surface area contributed by atoms with Crippen molar-refractivity contribution >= 4 is 23.6 Å². The van der Waals surface area contributed by atoms with Gasteiger partial charge in [0, 0.05) is 10.4 Å². The minimum atomic E-state index is 0.850. The summed E-state index contributed by atoms with van der Waals surface area (Å²) in [5.41, 5.74) is 5.01. The second-order valence-corrected chi connectivity index (χ2v) is 5.66. The summed E-state index contributed by atoms with van der Waals surface area (Å²) in [6.07, 6.45) is 0. The van der Waals surface area contributed by atoms with Crippen molar-refractivity contribution < 1.29 is 0 Å². The number of aryl methyl sites for hydroxylation is 3. The highest BCUT2D eigenvalue weighted by Gasteiger charge is 2.07. The molecule has 0 saturated carbocycles. The highest BCUT2D eigenvalue weighted by atomic mass is 32.1. The van der Waals surface area contributed by atoms with Gasteiger partial charge < -0.3 is 4.98 Å². The highest BCUT2D eigenvalue weighted by Crippen LogP contribution is 2.28. The molecule has 1 aromatic heterocycles. The molecule has 1 aromatic carbocycles. The van der Waals surface area contributed by atoms with E-state index in [2.05, 4.69) is 44.0 Å². The maximum atomic E-state index is 5.15. The summed E-state index contributed by atoms with van der Waals surface area (Å²) < 4.78 is 0.850. The van der Waals surface area contributed by atoms with Gasteiger partial charge in [-0.3, -0.25) is 0 Å². The van der Waals surface area contributed by atoms with E-state index in [1.807, 2.05) is 0 Å². The number of nitrogens with one attached hydrogen (secondary N) is 1. The number of rotatable bonds is 1. The SMILES string of the molecule is Cc1ccc(-c2[nH]c(=S)sc2C)c(C)c1. The van der Waals surface area contributed by atoms with E-state index in [4.69, 9.17) is 12.2 Å². The topological polar surface area (TPSA) is 15.8 Å². The molecule has 15 heavy (non-hydrogen) atoms. The maximum absolute atomic E-state index is 5.15. The van der Waals surface area contributed by atoms with E-state index in [0.717, 1.165) is 3.95 Å². The van der Waals surface area contributed by atoms with Crippen LogP contribution in [0.3, 0.4) is 0 Å². The van der Waals surface area contributed by atoms with Gasteiger partial charge in [0.2, 0.25) is 0 Å². The van der Waals surface area contributed by atoms with Crippen LogP contribution in [0.25, 0.3) is 11.3 Å². The van der Waals surface area contributed by atoms with Gasteiger partial charge in [0.15, 0.2) is 3.95 Å². The lowest BCUT2D eigenvalue weighted by atomic mass is 10.0. The molecular weight excluding hydrogens is 222 g/mol. The Labute approximate surface area is 98.8 Å². The number of hydrogen-bond acceptors (Lipinski definition) is 2. The first-order valence-electron chi connectivity index (χ1n) is 4.85. The molecule has 0 spiro atoms. The predicted octanol–water partition coefficient (Wildman–Crippen LogP) is 4.40. The molecule has 2 aromatic rings. The molecule has 0 atom stereocenters. The Morgan fingerprint density at radius 3 is 2.47 bits per heavy atom. The largest absolute Gasteiger partial charge is 0.337 e. The average Bonchev–Trinajstić information content (AvgIpc) is 2.45. The van der Waals surface area contributed by atoms with Gasteiger partial charge in [-0.1, -0.05) is 23.8 Å². The molecule has 3 heteroatoms. The third-order valence-electron chi connectivity index (χ3n) is 2.48. The number of aromatic amines is 1. The number of thiazole rings is 1. The molecule has 0 aliphatic carbocycles. The van der Waals surface area contributed by atoms with Crippen LogP contribution in [0.4, 0.5) is 0 Å². The maximum Gasteiger partial charge on any atom is 0.159 e. The van der Waals surface area contributed by atoms with Crippen molar-refractivity contribution in [2.24, 2.45) is 0 Å². The summed E-state index contributed by atoms with van der Waals surface area (Å²) in [6.45, 7) is 6.35. The van der Waals surface area contributed by atoms with Gasteiger partial charge >= 0.3 is 0 Å². The smallest absolute Gasteiger partial charge is 0.159 e. The zero-order valence-electron chi connectivity index (χ0n) is 9.05. The molecule has 0 radical (unpaired) electrons. The van der Waals surface area contributed by atoms with Gasteiger partial charge in [0.1, 0.15) is 0 Å². The first kappa shape index (κ1) is 10.6. The zero-order chi connectivity index (χ0) is 11.0. The van der Waals surface area contributed by atoms with Crippen LogP contribution in [-0.4, -0.2) is 4.98 Å². The lowest BCUT2D eigenvalue weighted by Gasteiger charge is -2.05. The summed E-state index contributed by atoms with van der Waals surface area (Å²) in [6, 6.07) is 6.49. The normalized spacial score (nSPS) is 10.6. The Balaban J connectivity index is 2.64. The van der Waals surface area contributed by atoms with Crippen molar-refractivity contribution in [3.8, 4) is 11.3 Å². The molecule has 0 aliphatic heterocycles. The lowest BCUT2D eigenvalue weighted by molar-refractivity contribution is 1.31. The predicted molar refractivity (Wildman–Crippen MR) is 69.2 cm³/mol. The second-order valence-electron chi connectivity index (χ2n) is 3.76. The summed E-state index contributed by atoms with van der Waals surface area (Å²) in [7, 11) is 0. The Bertz CT molecular complexity index is 549. The minimum Gasteiger partial charge on any atom is -0.337 e. The van der Waals surface area contributed by atoms with Gasteiger partial charge in [-0.15, -0.1) is 11.3 Å². The third kappa shape index (κ3) is 2.03. The Morgan fingerprint density at radius 2 is 1.93 bits per heavy atom. The van der Waals surface area contributed by atoms with Crippen molar-refractivity contribution in [2.75, 3.05) is 0 Å². The molecule has 78 valence electrons. The van der Waals surface area contributed by atoms with E-state index in [1.165, 1.54) is 27.3 Å². The van der Waals surface area contributed by atoms with E-state index >= 15 is 0 Å². The van der Waals surface area contributed by atoms with Crippen LogP contribution in [0, 0.1) is 24.7 Å². The Hall–Kier alpha value is -0.930. The van der Waals surface area contributed by atoms with Gasteiger partial charge in [0.25, 0.3) is 0 Å². The molecule has 0 unspecified atom stereocenters. The molecule has 1 N–H and O–H groups in total. The molecule has 1 heterocycles. The van der Waals surface area contributed by atoms with Crippen LogP contribution in [0.5, 0.6) is 0 Å². The number of aromatic nitrogens is 1. The molecule has 2 rings (SSSR count). The Morgan fingerprint density at radius 1 is 1.20 bits per heavy atom. The summed E-state index contributed by atoms with van der Waals surface area (Å²) in [5.74, 6) is 0. The first-order valence-corrected chi connectivity index (χ1v) is 6.08. The van der Waals surface area contributed by atoms with Crippen molar-refractivity contribution in [1.29, 1.82) is 0 Å². The second kappa shape index (κ2) is 3.91. The van der Waals surface area contributed by atoms with E-state index in [1.54, 1.807) is 11.3 Å². The fraction of sp³-hybridized carbons (Fsp3) is 0.250. The minimum absolute atomic E-state index is 0.850. The molecule has 0 aliphatic rings. The van der Waals surface area contributed by atoms with Crippen LogP contribution in [-0.2, 0) is 0 Å². The third-order valence-corrected chi connectivity index (χ3v) is 3.63. The summed E-state index contributed by atoms with van der Waals surface area (Å²) in [5, 5.41) is 0. The number of H-pyrrole nitrogens is 1. The summed E-state index contributed by atoms with van der Waals surface area (Å²) >= 11 is 6.79. The molecular formula is C12H13NS2. The van der Waals surface area contributed by atoms with E-state index < -0.39 is 0 Å². The first-order chi connectivity index (χ1) is 7.08. The van der Waals surface area contributed by atoms with Crippen molar-refractivity contribution in [2.45, 2.75) is 20.8 Å². The molecule has 0 amide bonds. The standard InChI is InChI=1S/C12H13NS2/c1-7-4-5-10(8(2)6-7)11-9(3)15-12(14)13-11/h4-6H,1-3H3,(H,13,14). The Kier molecular flexibility index (Phi) is 2.76. The van der Waals surface area contributed by atoms with E-state index in [-0.39, 0.29) is 0 Å². The monoisotopic (exact) mass is 235 g/mol. The quantitative estimate of drug-likeness (QED) is 0.724. The highest BCUT2D eigenvalue weighted by molar-refractivity contribution is 7.73. The zero-order valence-corrected chi connectivity index (χ0v) is 10.7. The molecule has 0 bridgehead atoms. The van der Waals surface area contributed by atoms with Crippen LogP contribution in [0.1, 0.15) is 16.0 Å². The molecule has 0 fully saturated rings. The van der Waals surface area contributed by atoms with E-state index in [0.29, 0.717) is 0 Å². The van der Waals surface area contributed by atoms with Gasteiger partial charge in [0.05, 0.1) is 5.69 Å². The molecule has 1 nitrogen and oxygen atoms in total. The van der Waals surface area contributed by atoms with Crippen LogP contribution >= 0.6 is 23.6 Å². The van der Waals surface area contributed by atoms with Gasteiger partial charge in [-0.05, 0) is 38.6 Å². The fourth-order valence-electron chi connectivity index (χ4n) is 1.76. The van der Waals surface area contributed by atoms with Crippen LogP contribution < -0.4 is 0 Å². The van der Waals surface area contributed by atoms with Crippen LogP contribution in [0.2, 0.25) is 0 Å². The van der Waals surface area contributed by atoms with Crippen molar-refractivity contribution in [3.05, 3.63) is 38.2 Å². The van der Waals surface area contributed by atoms with Crippen LogP contribution in [0.15, 0.2) is 18.2 Å². The van der Waals surface area contributed by atoms with E-state index in [9.17, 15) is 0 Å². The van der Waals surface area contributed by atoms with Crippen molar-refractivity contribution in [3.63, 3.8) is 0 Å². The lowest BCUT2D eigenvalue weighted by Crippen LogP contribution is -1.86.